The summed E-state index contributed by atoms with van der Waals surface area (Å²) in [5.74, 6) is 5.00. The lowest BCUT2D eigenvalue weighted by Crippen LogP contribution is -2.24. The van der Waals surface area contributed by atoms with E-state index < -0.39 is 11.7 Å². The standard InChI is InChI=1S/C14H12F3NO/c15-14(16,17)12-6-2-1-4-10(12)5-3-9-18-13(19)11-7-8-11/h1-2,4,6,11H,7-9H2,(H,18,19). The van der Waals surface area contributed by atoms with Gasteiger partial charge in [-0.3, -0.25) is 4.79 Å². The molecule has 1 aliphatic carbocycles. The summed E-state index contributed by atoms with van der Waals surface area (Å²) in [6, 6.07) is 5.14. The van der Waals surface area contributed by atoms with Gasteiger partial charge < -0.3 is 5.32 Å². The lowest BCUT2D eigenvalue weighted by atomic mass is 10.1. The number of halogens is 3. The molecule has 19 heavy (non-hydrogen) atoms. The van der Waals surface area contributed by atoms with Gasteiger partial charge in [0.25, 0.3) is 0 Å². The van der Waals surface area contributed by atoms with Gasteiger partial charge in [-0.15, -0.1) is 0 Å². The maximum atomic E-state index is 12.7. The number of nitrogens with one attached hydrogen (secondary N) is 1. The third kappa shape index (κ3) is 3.75. The summed E-state index contributed by atoms with van der Waals surface area (Å²) >= 11 is 0. The van der Waals surface area contributed by atoms with Crippen LogP contribution < -0.4 is 5.32 Å². The summed E-state index contributed by atoms with van der Waals surface area (Å²) in [7, 11) is 0. The van der Waals surface area contributed by atoms with E-state index >= 15 is 0 Å². The molecule has 1 amide bonds. The Morgan fingerprint density at radius 3 is 2.63 bits per heavy atom. The fraction of sp³-hybridized carbons (Fsp3) is 0.357. The van der Waals surface area contributed by atoms with Crippen LogP contribution in [0.4, 0.5) is 13.2 Å². The highest BCUT2D eigenvalue weighted by Gasteiger charge is 2.32. The van der Waals surface area contributed by atoms with Gasteiger partial charge in [0.15, 0.2) is 0 Å². The first-order chi connectivity index (χ1) is 8.98. The second-order valence-electron chi connectivity index (χ2n) is 4.34. The zero-order valence-corrected chi connectivity index (χ0v) is 10.1. The van der Waals surface area contributed by atoms with E-state index in [1.807, 2.05) is 0 Å². The summed E-state index contributed by atoms with van der Waals surface area (Å²) in [6.45, 7) is 0.0710. The maximum Gasteiger partial charge on any atom is 0.417 e. The highest BCUT2D eigenvalue weighted by atomic mass is 19.4. The average Bonchev–Trinajstić information content (AvgIpc) is 3.18. The predicted octanol–water partition coefficient (Wildman–Crippen LogP) is 2.58. The molecule has 2 rings (SSSR count). The third-order valence-electron chi connectivity index (χ3n) is 2.75. The van der Waals surface area contributed by atoms with E-state index in [-0.39, 0.29) is 23.9 Å². The van der Waals surface area contributed by atoms with Crippen molar-refractivity contribution in [2.45, 2.75) is 19.0 Å². The highest BCUT2D eigenvalue weighted by Crippen LogP contribution is 2.31. The molecule has 0 bridgehead atoms. The van der Waals surface area contributed by atoms with E-state index in [0.717, 1.165) is 18.9 Å². The van der Waals surface area contributed by atoms with Crippen molar-refractivity contribution < 1.29 is 18.0 Å². The number of carbonyl (C=O) groups excluding carboxylic acids is 1. The van der Waals surface area contributed by atoms with Gasteiger partial charge in [0, 0.05) is 11.5 Å². The molecule has 0 spiro atoms. The van der Waals surface area contributed by atoms with Gasteiger partial charge in [0.2, 0.25) is 5.91 Å². The molecule has 1 saturated carbocycles. The van der Waals surface area contributed by atoms with Gasteiger partial charge in [-0.2, -0.15) is 13.2 Å². The van der Waals surface area contributed by atoms with E-state index in [1.165, 1.54) is 18.2 Å². The van der Waals surface area contributed by atoms with Gasteiger partial charge in [0.1, 0.15) is 0 Å². The van der Waals surface area contributed by atoms with Gasteiger partial charge in [-0.1, -0.05) is 24.0 Å². The van der Waals surface area contributed by atoms with Crippen LogP contribution in [0.2, 0.25) is 0 Å². The first-order valence-corrected chi connectivity index (χ1v) is 5.91. The van der Waals surface area contributed by atoms with Crippen molar-refractivity contribution in [1.29, 1.82) is 0 Å². The Morgan fingerprint density at radius 2 is 2.00 bits per heavy atom. The molecule has 0 heterocycles. The smallest absolute Gasteiger partial charge is 0.345 e. The van der Waals surface area contributed by atoms with Gasteiger partial charge >= 0.3 is 6.18 Å². The van der Waals surface area contributed by atoms with Crippen LogP contribution in [0.3, 0.4) is 0 Å². The van der Waals surface area contributed by atoms with E-state index in [2.05, 4.69) is 17.2 Å². The van der Waals surface area contributed by atoms with E-state index in [1.54, 1.807) is 0 Å². The number of hydrogen-bond donors (Lipinski definition) is 1. The Kier molecular flexibility index (Phi) is 3.79. The number of carbonyl (C=O) groups is 1. The molecule has 0 radical (unpaired) electrons. The Hall–Kier alpha value is -1.96. The number of alkyl halides is 3. The zero-order valence-electron chi connectivity index (χ0n) is 10.1. The molecule has 100 valence electrons. The summed E-state index contributed by atoms with van der Waals surface area (Å²) in [5.41, 5.74) is -0.827. The second kappa shape index (κ2) is 5.35. The van der Waals surface area contributed by atoms with Crippen molar-refractivity contribution in [2.24, 2.45) is 5.92 Å². The Morgan fingerprint density at radius 1 is 1.32 bits per heavy atom. The lowest BCUT2D eigenvalue weighted by Gasteiger charge is -2.08. The van der Waals surface area contributed by atoms with Gasteiger partial charge in [-0.05, 0) is 25.0 Å². The lowest BCUT2D eigenvalue weighted by molar-refractivity contribution is -0.137. The Balaban J connectivity index is 2.01. The molecule has 0 unspecified atom stereocenters. The number of benzene rings is 1. The summed E-state index contributed by atoms with van der Waals surface area (Å²) in [6.07, 6.45) is -2.64. The molecule has 1 N–H and O–H groups in total. The van der Waals surface area contributed by atoms with Crippen molar-refractivity contribution in [3.63, 3.8) is 0 Å². The summed E-state index contributed by atoms with van der Waals surface area (Å²) in [4.78, 5) is 11.3. The molecule has 0 saturated heterocycles. The fourth-order valence-corrected chi connectivity index (χ4v) is 1.60. The predicted molar refractivity (Wildman–Crippen MR) is 64.1 cm³/mol. The molecule has 1 fully saturated rings. The van der Waals surface area contributed by atoms with E-state index in [0.29, 0.717) is 0 Å². The van der Waals surface area contributed by atoms with Crippen LogP contribution >= 0.6 is 0 Å². The molecule has 0 atom stereocenters. The molecule has 1 aromatic rings. The second-order valence-corrected chi connectivity index (χ2v) is 4.34. The minimum Gasteiger partial charge on any atom is -0.345 e. The van der Waals surface area contributed by atoms with Crippen LogP contribution in [-0.2, 0) is 11.0 Å². The largest absolute Gasteiger partial charge is 0.417 e. The normalized spacial score (nSPS) is 14.5. The molecule has 1 aromatic carbocycles. The van der Waals surface area contributed by atoms with Gasteiger partial charge in [0.05, 0.1) is 12.1 Å². The van der Waals surface area contributed by atoms with Crippen LogP contribution in [0.1, 0.15) is 24.0 Å². The topological polar surface area (TPSA) is 29.1 Å². The molecule has 2 nitrogen and oxygen atoms in total. The van der Waals surface area contributed by atoms with Gasteiger partial charge in [-0.25, -0.2) is 0 Å². The zero-order chi connectivity index (χ0) is 13.9. The van der Waals surface area contributed by atoms with Crippen molar-refractivity contribution in [3.05, 3.63) is 35.4 Å². The first kappa shape index (κ1) is 13.5. The monoisotopic (exact) mass is 267 g/mol. The van der Waals surface area contributed by atoms with Crippen LogP contribution in [0.15, 0.2) is 24.3 Å². The minimum absolute atomic E-state index is 0.0709. The molecular weight excluding hydrogens is 255 g/mol. The maximum absolute atomic E-state index is 12.7. The van der Waals surface area contributed by atoms with Crippen molar-refractivity contribution in [1.82, 2.24) is 5.32 Å². The van der Waals surface area contributed by atoms with Crippen molar-refractivity contribution >= 4 is 5.91 Å². The van der Waals surface area contributed by atoms with Crippen LogP contribution in [0.25, 0.3) is 0 Å². The highest BCUT2D eigenvalue weighted by molar-refractivity contribution is 5.81. The van der Waals surface area contributed by atoms with E-state index in [4.69, 9.17) is 0 Å². The number of hydrogen-bond acceptors (Lipinski definition) is 1. The summed E-state index contributed by atoms with van der Waals surface area (Å²) in [5, 5.41) is 2.58. The van der Waals surface area contributed by atoms with Crippen LogP contribution in [0.5, 0.6) is 0 Å². The quantitative estimate of drug-likeness (QED) is 0.820. The molecule has 1 aliphatic rings. The summed E-state index contributed by atoms with van der Waals surface area (Å²) < 4.78 is 38.0. The number of rotatable bonds is 2. The molecular formula is C14H12F3NO. The van der Waals surface area contributed by atoms with Crippen molar-refractivity contribution in [2.75, 3.05) is 6.54 Å². The first-order valence-electron chi connectivity index (χ1n) is 5.91. The Bertz CT molecular complexity index is 536. The minimum atomic E-state index is -4.41. The third-order valence-corrected chi connectivity index (χ3v) is 2.75. The number of amides is 1. The molecule has 5 heteroatoms. The Labute approximate surface area is 109 Å². The molecule has 0 aromatic heterocycles. The average molecular weight is 267 g/mol. The molecule has 0 aliphatic heterocycles. The van der Waals surface area contributed by atoms with Crippen LogP contribution in [0, 0.1) is 17.8 Å². The van der Waals surface area contributed by atoms with Crippen molar-refractivity contribution in [3.8, 4) is 11.8 Å². The van der Waals surface area contributed by atoms with E-state index in [9.17, 15) is 18.0 Å². The van der Waals surface area contributed by atoms with Crippen LogP contribution in [-0.4, -0.2) is 12.5 Å². The SMILES string of the molecule is O=C(NCC#Cc1ccccc1C(F)(F)F)C1CC1. The fourth-order valence-electron chi connectivity index (χ4n) is 1.60.